The van der Waals surface area contributed by atoms with Crippen molar-refractivity contribution in [3.05, 3.63) is 36.2 Å². The van der Waals surface area contributed by atoms with E-state index in [0.717, 1.165) is 18.9 Å². The van der Waals surface area contributed by atoms with Crippen LogP contribution in [0.4, 0.5) is 13.2 Å². The average molecular weight is 341 g/mol. The molecule has 1 aliphatic heterocycles. The van der Waals surface area contributed by atoms with Crippen molar-refractivity contribution in [1.29, 1.82) is 0 Å². The molecule has 3 rings (SSSR count). The van der Waals surface area contributed by atoms with Gasteiger partial charge in [0.2, 0.25) is 5.91 Å². The van der Waals surface area contributed by atoms with Crippen molar-refractivity contribution in [3.63, 3.8) is 0 Å². The molecule has 0 aliphatic carbocycles. The second-order valence-electron chi connectivity index (χ2n) is 5.94. The maximum Gasteiger partial charge on any atom is 0.435 e. The number of hydrogen-bond donors (Lipinski definition) is 1. The fraction of sp³-hybridized carbons (Fsp3) is 0.533. The molecule has 0 unspecified atom stereocenters. The van der Waals surface area contributed by atoms with Crippen LogP contribution in [0.25, 0.3) is 0 Å². The van der Waals surface area contributed by atoms with Crippen LogP contribution >= 0.6 is 0 Å². The number of alkyl halides is 3. The van der Waals surface area contributed by atoms with Gasteiger partial charge in [0.05, 0.1) is 6.33 Å². The van der Waals surface area contributed by atoms with Crippen LogP contribution in [0, 0.1) is 0 Å². The van der Waals surface area contributed by atoms with E-state index in [-0.39, 0.29) is 11.8 Å². The third-order valence-corrected chi connectivity index (χ3v) is 4.25. The molecule has 2 aromatic rings. The van der Waals surface area contributed by atoms with Crippen molar-refractivity contribution < 1.29 is 18.0 Å². The Bertz CT molecular complexity index is 680. The lowest BCUT2D eigenvalue weighted by Crippen LogP contribution is -2.39. The van der Waals surface area contributed by atoms with Crippen molar-refractivity contribution in [3.8, 4) is 0 Å². The molecule has 9 heteroatoms. The van der Waals surface area contributed by atoms with Crippen LogP contribution in [-0.2, 0) is 17.5 Å². The molecule has 0 aromatic carbocycles. The average Bonchev–Trinajstić information content (AvgIpc) is 3.23. The highest BCUT2D eigenvalue weighted by molar-refractivity contribution is 5.76. The summed E-state index contributed by atoms with van der Waals surface area (Å²) in [6, 6.07) is 1.05. The van der Waals surface area contributed by atoms with E-state index < -0.39 is 11.9 Å². The molecule has 1 amide bonds. The molecule has 6 nitrogen and oxygen atoms in total. The number of likely N-dealkylation sites (tertiary alicyclic amines) is 1. The highest BCUT2D eigenvalue weighted by Crippen LogP contribution is 2.32. The standard InChI is InChI=1S/C15H18F3N5O/c16-15(17,18)13-8-12(20-21-13)11-2-1-5-23(9-11)14(24)3-6-22-7-4-19-10-22/h4,7-8,10-11H,1-3,5-6,9H2,(H,20,21)/t11-/m0/s1. The highest BCUT2D eigenvalue weighted by atomic mass is 19.4. The first-order chi connectivity index (χ1) is 11.4. The number of aromatic amines is 1. The Kier molecular flexibility index (Phi) is 4.59. The Labute approximate surface area is 136 Å². The molecule has 1 N–H and O–H groups in total. The molecular weight excluding hydrogens is 323 g/mol. The number of H-pyrrole nitrogens is 1. The maximum atomic E-state index is 12.7. The van der Waals surface area contributed by atoms with Gasteiger partial charge in [-0.2, -0.15) is 18.3 Å². The second kappa shape index (κ2) is 6.66. The molecule has 1 fully saturated rings. The molecule has 0 spiro atoms. The van der Waals surface area contributed by atoms with Gasteiger partial charge >= 0.3 is 6.18 Å². The molecule has 1 atom stereocenters. The number of nitrogens with one attached hydrogen (secondary N) is 1. The van der Waals surface area contributed by atoms with Crippen LogP contribution in [0.3, 0.4) is 0 Å². The Morgan fingerprint density at radius 3 is 2.92 bits per heavy atom. The summed E-state index contributed by atoms with van der Waals surface area (Å²) in [5.74, 6) is -0.136. The highest BCUT2D eigenvalue weighted by Gasteiger charge is 2.35. The lowest BCUT2D eigenvalue weighted by atomic mass is 9.94. The Hall–Kier alpha value is -2.32. The monoisotopic (exact) mass is 341 g/mol. The Morgan fingerprint density at radius 2 is 2.25 bits per heavy atom. The summed E-state index contributed by atoms with van der Waals surface area (Å²) in [7, 11) is 0. The number of amides is 1. The minimum absolute atomic E-state index is 0.00367. The van der Waals surface area contributed by atoms with Crippen molar-refractivity contribution in [1.82, 2.24) is 24.6 Å². The van der Waals surface area contributed by atoms with Crippen LogP contribution in [0.15, 0.2) is 24.8 Å². The molecule has 24 heavy (non-hydrogen) atoms. The van der Waals surface area contributed by atoms with E-state index >= 15 is 0 Å². The van der Waals surface area contributed by atoms with Crippen molar-refractivity contribution >= 4 is 5.91 Å². The number of carbonyl (C=O) groups is 1. The van der Waals surface area contributed by atoms with Gasteiger partial charge in [-0.3, -0.25) is 9.89 Å². The van der Waals surface area contributed by atoms with Gasteiger partial charge in [-0.25, -0.2) is 4.98 Å². The Morgan fingerprint density at radius 1 is 1.42 bits per heavy atom. The van der Waals surface area contributed by atoms with E-state index in [1.54, 1.807) is 23.6 Å². The number of halogens is 3. The van der Waals surface area contributed by atoms with Gasteiger partial charge in [0.15, 0.2) is 5.69 Å². The van der Waals surface area contributed by atoms with E-state index in [1.165, 1.54) is 0 Å². The minimum atomic E-state index is -4.45. The number of nitrogens with zero attached hydrogens (tertiary/aromatic N) is 4. The summed E-state index contributed by atoms with van der Waals surface area (Å²) < 4.78 is 39.8. The largest absolute Gasteiger partial charge is 0.435 e. The van der Waals surface area contributed by atoms with Crippen molar-refractivity contribution in [2.75, 3.05) is 13.1 Å². The summed E-state index contributed by atoms with van der Waals surface area (Å²) in [4.78, 5) is 18.0. The predicted molar refractivity (Wildman–Crippen MR) is 79.0 cm³/mol. The summed E-state index contributed by atoms with van der Waals surface area (Å²) in [6.45, 7) is 1.60. The zero-order chi connectivity index (χ0) is 17.2. The number of imidazole rings is 1. The normalized spacial score (nSPS) is 18.8. The first kappa shape index (κ1) is 16.5. The maximum absolute atomic E-state index is 12.7. The van der Waals surface area contributed by atoms with Gasteiger partial charge in [-0.05, 0) is 18.9 Å². The molecule has 130 valence electrons. The molecule has 1 saturated heterocycles. The number of rotatable bonds is 4. The fourth-order valence-corrected chi connectivity index (χ4v) is 2.95. The zero-order valence-corrected chi connectivity index (χ0v) is 13.0. The molecule has 0 bridgehead atoms. The van der Waals surface area contributed by atoms with Gasteiger partial charge in [0.1, 0.15) is 0 Å². The first-order valence-corrected chi connectivity index (χ1v) is 7.79. The summed E-state index contributed by atoms with van der Waals surface area (Å²) >= 11 is 0. The number of hydrogen-bond acceptors (Lipinski definition) is 3. The number of carbonyl (C=O) groups excluding carboxylic acids is 1. The van der Waals surface area contributed by atoms with E-state index in [0.29, 0.717) is 31.7 Å². The smallest absolute Gasteiger partial charge is 0.342 e. The van der Waals surface area contributed by atoms with Crippen LogP contribution < -0.4 is 0 Å². The molecule has 1 aliphatic rings. The van der Waals surface area contributed by atoms with Gasteiger partial charge < -0.3 is 9.47 Å². The quantitative estimate of drug-likeness (QED) is 0.929. The van der Waals surface area contributed by atoms with Crippen LogP contribution in [-0.4, -0.2) is 43.6 Å². The summed E-state index contributed by atoms with van der Waals surface area (Å²) in [6.07, 6.45) is 2.49. The Balaban J connectivity index is 1.59. The number of aromatic nitrogens is 4. The van der Waals surface area contributed by atoms with Crippen LogP contribution in [0.1, 0.15) is 36.6 Å². The van der Waals surface area contributed by atoms with Crippen molar-refractivity contribution in [2.45, 2.75) is 37.9 Å². The number of piperidine rings is 1. The van der Waals surface area contributed by atoms with E-state index in [2.05, 4.69) is 15.2 Å². The van der Waals surface area contributed by atoms with E-state index in [4.69, 9.17) is 0 Å². The van der Waals surface area contributed by atoms with Gasteiger partial charge in [0, 0.05) is 50.1 Å². The second-order valence-corrected chi connectivity index (χ2v) is 5.94. The van der Waals surface area contributed by atoms with Gasteiger partial charge in [-0.15, -0.1) is 0 Å². The summed E-state index contributed by atoms with van der Waals surface area (Å²) in [5, 5.41) is 5.81. The van der Waals surface area contributed by atoms with Crippen LogP contribution in [0.2, 0.25) is 0 Å². The summed E-state index contributed by atoms with van der Waals surface area (Å²) in [5.41, 5.74) is -0.476. The van der Waals surface area contributed by atoms with E-state index in [1.807, 2.05) is 4.57 Å². The lowest BCUT2D eigenvalue weighted by molar-refractivity contribution is -0.141. The van der Waals surface area contributed by atoms with Gasteiger partial charge in [-0.1, -0.05) is 0 Å². The predicted octanol–water partition coefficient (Wildman–Crippen LogP) is 2.42. The third kappa shape index (κ3) is 3.77. The zero-order valence-electron chi connectivity index (χ0n) is 13.0. The fourth-order valence-electron chi connectivity index (χ4n) is 2.95. The molecule has 2 aromatic heterocycles. The lowest BCUT2D eigenvalue weighted by Gasteiger charge is -2.32. The SMILES string of the molecule is O=C(CCn1ccnc1)N1CCC[C@H](c2cc(C(F)(F)F)n[nH]2)C1. The van der Waals surface area contributed by atoms with Gasteiger partial charge in [0.25, 0.3) is 0 Å². The molecule has 3 heterocycles. The van der Waals surface area contributed by atoms with Crippen molar-refractivity contribution in [2.24, 2.45) is 0 Å². The minimum Gasteiger partial charge on any atom is -0.342 e. The topological polar surface area (TPSA) is 66.8 Å². The molecular formula is C15H18F3N5O. The van der Waals surface area contributed by atoms with Crippen LogP contribution in [0.5, 0.6) is 0 Å². The van der Waals surface area contributed by atoms with E-state index in [9.17, 15) is 18.0 Å². The number of aryl methyl sites for hydroxylation is 1. The molecule has 0 radical (unpaired) electrons. The first-order valence-electron chi connectivity index (χ1n) is 7.79. The third-order valence-electron chi connectivity index (χ3n) is 4.25. The molecule has 0 saturated carbocycles.